The molecule has 1 aromatic heterocycles. The van der Waals surface area contributed by atoms with E-state index in [4.69, 9.17) is 4.42 Å². The van der Waals surface area contributed by atoms with E-state index in [9.17, 15) is 9.18 Å². The summed E-state index contributed by atoms with van der Waals surface area (Å²) in [6, 6.07) is 8.83. The standard InChI is InChI=1S/C22H22FNO2/c1-12(2)18-7-13(3)8-19-20(25)14(4)22(26-21(18)19)24-10-15-5-6-17(23)9-16(15)11-24/h5-9,12H,10-11H2,1-4H3. The zero-order valence-electron chi connectivity index (χ0n) is 15.5. The molecule has 1 aliphatic rings. The normalized spacial score (nSPS) is 13.7. The minimum atomic E-state index is -0.236. The van der Waals surface area contributed by atoms with Crippen molar-refractivity contribution >= 4 is 16.9 Å². The topological polar surface area (TPSA) is 33.5 Å². The van der Waals surface area contributed by atoms with Crippen LogP contribution in [0.5, 0.6) is 0 Å². The van der Waals surface area contributed by atoms with Crippen molar-refractivity contribution < 1.29 is 8.81 Å². The molecule has 0 amide bonds. The van der Waals surface area contributed by atoms with Gasteiger partial charge in [0.1, 0.15) is 11.4 Å². The lowest BCUT2D eigenvalue weighted by atomic mass is 9.97. The van der Waals surface area contributed by atoms with Crippen LogP contribution in [0.25, 0.3) is 11.0 Å². The van der Waals surface area contributed by atoms with E-state index in [-0.39, 0.29) is 17.2 Å². The van der Waals surface area contributed by atoms with Gasteiger partial charge in [-0.15, -0.1) is 0 Å². The molecule has 0 radical (unpaired) electrons. The maximum atomic E-state index is 13.5. The highest BCUT2D eigenvalue weighted by Gasteiger charge is 2.25. The van der Waals surface area contributed by atoms with Crippen LogP contribution in [0.2, 0.25) is 0 Å². The Bertz CT molecular complexity index is 1080. The molecule has 0 fully saturated rings. The van der Waals surface area contributed by atoms with Gasteiger partial charge in [-0.1, -0.05) is 26.0 Å². The molecule has 0 bridgehead atoms. The van der Waals surface area contributed by atoms with Crippen LogP contribution in [-0.4, -0.2) is 0 Å². The Morgan fingerprint density at radius 3 is 2.54 bits per heavy atom. The van der Waals surface area contributed by atoms with Crippen LogP contribution in [0.1, 0.15) is 47.6 Å². The number of hydrogen-bond acceptors (Lipinski definition) is 3. The average Bonchev–Trinajstić information content (AvgIpc) is 3.00. The highest BCUT2D eigenvalue weighted by atomic mass is 19.1. The monoisotopic (exact) mass is 351 g/mol. The van der Waals surface area contributed by atoms with Crippen molar-refractivity contribution in [3.05, 3.63) is 74.2 Å². The SMILES string of the molecule is Cc1cc(C(C)C)c2oc(N3Cc4ccc(F)cc4C3)c(C)c(=O)c2c1. The molecule has 2 aromatic carbocycles. The second kappa shape index (κ2) is 5.97. The lowest BCUT2D eigenvalue weighted by Gasteiger charge is -2.20. The van der Waals surface area contributed by atoms with Crippen molar-refractivity contribution in [1.29, 1.82) is 0 Å². The number of anilines is 1. The van der Waals surface area contributed by atoms with Crippen molar-refractivity contribution in [1.82, 2.24) is 0 Å². The molecule has 0 saturated heterocycles. The van der Waals surface area contributed by atoms with E-state index >= 15 is 0 Å². The van der Waals surface area contributed by atoms with Crippen LogP contribution >= 0.6 is 0 Å². The van der Waals surface area contributed by atoms with Gasteiger partial charge in [-0.05, 0) is 60.2 Å². The Labute approximate surface area is 152 Å². The van der Waals surface area contributed by atoms with Crippen LogP contribution in [0, 0.1) is 19.7 Å². The van der Waals surface area contributed by atoms with Crippen LogP contribution in [0.4, 0.5) is 10.3 Å². The zero-order valence-corrected chi connectivity index (χ0v) is 15.5. The second-order valence-corrected chi connectivity index (χ2v) is 7.52. The first-order chi connectivity index (χ1) is 12.3. The van der Waals surface area contributed by atoms with E-state index in [2.05, 4.69) is 19.9 Å². The highest BCUT2D eigenvalue weighted by Crippen LogP contribution is 2.34. The summed E-state index contributed by atoms with van der Waals surface area (Å²) in [4.78, 5) is 15.0. The molecule has 3 aromatic rings. The summed E-state index contributed by atoms with van der Waals surface area (Å²) in [7, 11) is 0. The Morgan fingerprint density at radius 2 is 1.81 bits per heavy atom. The van der Waals surface area contributed by atoms with E-state index in [1.54, 1.807) is 6.07 Å². The molecular weight excluding hydrogens is 329 g/mol. The molecule has 0 saturated carbocycles. The number of benzene rings is 2. The van der Waals surface area contributed by atoms with Crippen molar-refractivity contribution in [2.45, 2.75) is 46.7 Å². The summed E-state index contributed by atoms with van der Waals surface area (Å²) in [6.07, 6.45) is 0. The van der Waals surface area contributed by atoms with Crippen LogP contribution in [0.3, 0.4) is 0 Å². The first-order valence-electron chi connectivity index (χ1n) is 8.95. The van der Waals surface area contributed by atoms with E-state index in [0.717, 1.165) is 22.3 Å². The summed E-state index contributed by atoms with van der Waals surface area (Å²) in [5.74, 6) is 0.602. The van der Waals surface area contributed by atoms with Gasteiger partial charge >= 0.3 is 0 Å². The predicted molar refractivity (Wildman–Crippen MR) is 102 cm³/mol. The number of nitrogens with zero attached hydrogens (tertiary/aromatic N) is 1. The molecule has 2 heterocycles. The lowest BCUT2D eigenvalue weighted by molar-refractivity contribution is 0.564. The second-order valence-electron chi connectivity index (χ2n) is 7.52. The van der Waals surface area contributed by atoms with Gasteiger partial charge < -0.3 is 9.32 Å². The minimum absolute atomic E-state index is 0.00832. The van der Waals surface area contributed by atoms with E-state index in [1.165, 1.54) is 6.07 Å². The van der Waals surface area contributed by atoms with Crippen molar-refractivity contribution in [2.24, 2.45) is 0 Å². The third kappa shape index (κ3) is 2.61. The number of halogens is 1. The van der Waals surface area contributed by atoms with Gasteiger partial charge in [-0.2, -0.15) is 0 Å². The van der Waals surface area contributed by atoms with Crippen molar-refractivity contribution in [3.63, 3.8) is 0 Å². The molecule has 4 rings (SSSR count). The maximum absolute atomic E-state index is 13.5. The molecule has 26 heavy (non-hydrogen) atoms. The Balaban J connectivity index is 1.89. The largest absolute Gasteiger partial charge is 0.440 e. The quantitative estimate of drug-likeness (QED) is 0.637. The Morgan fingerprint density at radius 1 is 1.08 bits per heavy atom. The lowest BCUT2D eigenvalue weighted by Crippen LogP contribution is -2.20. The van der Waals surface area contributed by atoms with Crippen LogP contribution < -0.4 is 10.3 Å². The van der Waals surface area contributed by atoms with Gasteiger partial charge in [0.25, 0.3) is 0 Å². The third-order valence-corrected chi connectivity index (χ3v) is 5.17. The van der Waals surface area contributed by atoms with Gasteiger partial charge in [-0.25, -0.2) is 4.39 Å². The number of aryl methyl sites for hydroxylation is 1. The van der Waals surface area contributed by atoms with Crippen LogP contribution in [-0.2, 0) is 13.1 Å². The number of hydrogen-bond donors (Lipinski definition) is 0. The molecule has 1 aliphatic heterocycles. The summed E-state index contributed by atoms with van der Waals surface area (Å²) in [6.45, 7) is 9.17. The zero-order chi connectivity index (χ0) is 18.6. The fraction of sp³-hybridized carbons (Fsp3) is 0.318. The summed E-state index contributed by atoms with van der Waals surface area (Å²) < 4.78 is 19.8. The van der Waals surface area contributed by atoms with Gasteiger partial charge in [-0.3, -0.25) is 4.79 Å². The van der Waals surface area contributed by atoms with Gasteiger partial charge in [0.2, 0.25) is 5.88 Å². The molecule has 0 N–H and O–H groups in total. The Kier molecular flexibility index (Phi) is 3.87. The van der Waals surface area contributed by atoms with E-state index in [0.29, 0.717) is 35.5 Å². The molecule has 3 nitrogen and oxygen atoms in total. The fourth-order valence-electron chi connectivity index (χ4n) is 3.79. The minimum Gasteiger partial charge on any atom is -0.440 e. The molecular formula is C22H22FNO2. The molecule has 0 atom stereocenters. The first kappa shape index (κ1) is 16.8. The highest BCUT2D eigenvalue weighted by molar-refractivity contribution is 5.83. The smallest absolute Gasteiger partial charge is 0.203 e. The summed E-state index contributed by atoms with van der Waals surface area (Å²) >= 11 is 0. The molecule has 0 unspecified atom stereocenters. The van der Waals surface area contributed by atoms with E-state index in [1.807, 2.05) is 30.9 Å². The van der Waals surface area contributed by atoms with E-state index < -0.39 is 0 Å². The first-order valence-corrected chi connectivity index (χ1v) is 8.95. The molecule has 134 valence electrons. The number of rotatable bonds is 2. The number of fused-ring (bicyclic) bond motifs is 2. The molecule has 0 spiro atoms. The van der Waals surface area contributed by atoms with Gasteiger partial charge in [0.15, 0.2) is 5.43 Å². The average molecular weight is 351 g/mol. The van der Waals surface area contributed by atoms with Gasteiger partial charge in [0, 0.05) is 13.1 Å². The fourth-order valence-corrected chi connectivity index (χ4v) is 3.79. The van der Waals surface area contributed by atoms with Crippen molar-refractivity contribution in [2.75, 3.05) is 4.90 Å². The van der Waals surface area contributed by atoms with Crippen molar-refractivity contribution in [3.8, 4) is 0 Å². The Hall–Kier alpha value is -2.62. The molecule has 4 heteroatoms. The summed E-state index contributed by atoms with van der Waals surface area (Å²) in [5, 5.41) is 0.637. The predicted octanol–water partition coefficient (Wildman–Crippen LogP) is 5.19. The maximum Gasteiger partial charge on any atom is 0.203 e. The molecule has 0 aliphatic carbocycles. The third-order valence-electron chi connectivity index (χ3n) is 5.17. The van der Waals surface area contributed by atoms with Crippen LogP contribution in [0.15, 0.2) is 39.5 Å². The van der Waals surface area contributed by atoms with Gasteiger partial charge in [0.05, 0.1) is 10.9 Å². The summed E-state index contributed by atoms with van der Waals surface area (Å²) in [5.41, 5.74) is 5.39.